The maximum absolute atomic E-state index is 12.6. The summed E-state index contributed by atoms with van der Waals surface area (Å²) < 4.78 is 11.0. The van der Waals surface area contributed by atoms with Gasteiger partial charge in [0.15, 0.2) is 6.61 Å². The summed E-state index contributed by atoms with van der Waals surface area (Å²) in [5.41, 5.74) is 1.34. The van der Waals surface area contributed by atoms with Gasteiger partial charge in [-0.15, -0.1) is 0 Å². The Kier molecular flexibility index (Phi) is 5.86. The number of rotatable bonds is 5. The largest absolute Gasteiger partial charge is 0.484 e. The molecule has 3 aliphatic rings. The van der Waals surface area contributed by atoms with E-state index in [4.69, 9.17) is 9.15 Å². The Balaban J connectivity index is 1.13. The molecule has 2 aliphatic carbocycles. The second kappa shape index (κ2) is 8.82. The molecule has 2 fully saturated rings. The Morgan fingerprint density at radius 2 is 2.03 bits per heavy atom. The van der Waals surface area contributed by atoms with Crippen molar-refractivity contribution in [2.45, 2.75) is 57.0 Å². The van der Waals surface area contributed by atoms with Gasteiger partial charge in [-0.25, -0.2) is 4.79 Å². The van der Waals surface area contributed by atoms with Crippen LogP contribution in [-0.4, -0.2) is 53.7 Å². The van der Waals surface area contributed by atoms with E-state index in [1.54, 1.807) is 17.0 Å². The van der Waals surface area contributed by atoms with Gasteiger partial charge < -0.3 is 24.5 Å². The number of hydrogen-bond donors (Lipinski definition) is 2. The van der Waals surface area contributed by atoms with Crippen molar-refractivity contribution in [3.63, 3.8) is 0 Å². The van der Waals surface area contributed by atoms with E-state index in [2.05, 4.69) is 5.32 Å². The van der Waals surface area contributed by atoms with Gasteiger partial charge in [-0.3, -0.25) is 9.59 Å². The molecule has 1 aromatic carbocycles. The lowest BCUT2D eigenvalue weighted by atomic mass is 9.71. The molecule has 2 amide bonds. The number of nitrogens with one attached hydrogen (secondary N) is 1. The highest BCUT2D eigenvalue weighted by Crippen LogP contribution is 2.39. The van der Waals surface area contributed by atoms with Crippen molar-refractivity contribution in [3.8, 4) is 5.75 Å². The first-order chi connectivity index (χ1) is 15.9. The number of ether oxygens (including phenoxy) is 1. The van der Waals surface area contributed by atoms with Gasteiger partial charge in [-0.2, -0.15) is 0 Å². The average Bonchev–Trinajstić information content (AvgIpc) is 3.31. The molecule has 0 bridgehead atoms. The zero-order valence-electron chi connectivity index (χ0n) is 18.7. The van der Waals surface area contributed by atoms with Gasteiger partial charge in [0.1, 0.15) is 11.3 Å². The molecular formula is C25H30N2O6. The number of amides is 2. The monoisotopic (exact) mass is 454 g/mol. The molecule has 33 heavy (non-hydrogen) atoms. The van der Waals surface area contributed by atoms with Crippen LogP contribution in [0, 0.1) is 5.92 Å². The van der Waals surface area contributed by atoms with Gasteiger partial charge >= 0.3 is 5.63 Å². The second-order valence-corrected chi connectivity index (χ2v) is 9.56. The highest BCUT2D eigenvalue weighted by molar-refractivity contribution is 5.86. The molecule has 5 rings (SSSR count). The predicted molar refractivity (Wildman–Crippen MR) is 121 cm³/mol. The Morgan fingerprint density at radius 1 is 1.18 bits per heavy atom. The van der Waals surface area contributed by atoms with Crippen LogP contribution in [0.25, 0.3) is 11.0 Å². The van der Waals surface area contributed by atoms with Crippen LogP contribution in [0.3, 0.4) is 0 Å². The summed E-state index contributed by atoms with van der Waals surface area (Å²) in [6.45, 7) is 0.736. The van der Waals surface area contributed by atoms with E-state index in [-0.39, 0.29) is 30.6 Å². The number of carbonyl (C=O) groups excluding carboxylic acids is 2. The van der Waals surface area contributed by atoms with Crippen molar-refractivity contribution < 1.29 is 23.8 Å². The maximum Gasteiger partial charge on any atom is 0.339 e. The molecule has 2 aromatic rings. The van der Waals surface area contributed by atoms with E-state index < -0.39 is 11.5 Å². The van der Waals surface area contributed by atoms with Gasteiger partial charge in [0.25, 0.3) is 5.91 Å². The summed E-state index contributed by atoms with van der Waals surface area (Å²) in [7, 11) is 0. The third kappa shape index (κ3) is 4.36. The molecule has 1 saturated carbocycles. The van der Waals surface area contributed by atoms with Gasteiger partial charge in [0.2, 0.25) is 5.91 Å². The highest BCUT2D eigenvalue weighted by atomic mass is 16.5. The Labute approximate surface area is 191 Å². The Morgan fingerprint density at radius 3 is 2.91 bits per heavy atom. The first-order valence-corrected chi connectivity index (χ1v) is 11.9. The molecule has 2 unspecified atom stereocenters. The highest BCUT2D eigenvalue weighted by Gasteiger charge is 2.43. The molecule has 0 spiro atoms. The summed E-state index contributed by atoms with van der Waals surface area (Å²) in [6, 6.07) is 5.26. The molecular weight excluding hydrogens is 424 g/mol. The van der Waals surface area contributed by atoms with Crippen LogP contribution in [0.15, 0.2) is 27.4 Å². The third-order valence-corrected chi connectivity index (χ3v) is 7.53. The number of benzene rings is 1. The molecule has 0 radical (unpaired) electrons. The van der Waals surface area contributed by atoms with Crippen LogP contribution < -0.4 is 15.7 Å². The number of likely N-dealkylation sites (tertiary alicyclic amines) is 1. The standard InChI is InChI=1S/C25H30N2O6/c28-22(26-13-23(29)27-11-10-25(31)9-2-1-4-16(25)14-27)15-32-17-7-8-19-18-5-3-6-20(18)24(30)33-21(19)12-17/h7-8,12,16,31H,1-6,9-11,13-15H2,(H,26,28). The fourth-order valence-corrected chi connectivity index (χ4v) is 5.64. The SMILES string of the molecule is O=C(COc1ccc2c3c(c(=O)oc2c1)CCC3)NCC(=O)N1CCC2(O)CCCCC2C1. The van der Waals surface area contributed by atoms with Crippen LogP contribution >= 0.6 is 0 Å². The van der Waals surface area contributed by atoms with Crippen LogP contribution in [0.1, 0.15) is 49.7 Å². The van der Waals surface area contributed by atoms with Crippen LogP contribution in [0.4, 0.5) is 0 Å². The van der Waals surface area contributed by atoms with E-state index in [0.29, 0.717) is 30.8 Å². The Hall–Kier alpha value is -2.87. The van der Waals surface area contributed by atoms with Gasteiger partial charge in [-0.05, 0) is 56.2 Å². The molecule has 1 aromatic heterocycles. The number of fused-ring (bicyclic) bond motifs is 4. The van der Waals surface area contributed by atoms with E-state index in [9.17, 15) is 19.5 Å². The van der Waals surface area contributed by atoms with Gasteiger partial charge in [0, 0.05) is 36.0 Å². The molecule has 1 saturated heterocycles. The molecule has 2 heterocycles. The normalized spacial score (nSPS) is 24.3. The lowest BCUT2D eigenvalue weighted by molar-refractivity contribution is -0.143. The van der Waals surface area contributed by atoms with Crippen LogP contribution in [0.5, 0.6) is 5.75 Å². The number of hydrogen-bond acceptors (Lipinski definition) is 6. The van der Waals surface area contributed by atoms with Crippen molar-refractivity contribution in [1.29, 1.82) is 0 Å². The molecule has 8 heteroatoms. The number of piperidine rings is 1. The van der Waals surface area contributed by atoms with Gasteiger partial charge in [-0.1, -0.05) is 12.8 Å². The first kappa shape index (κ1) is 21.9. The van der Waals surface area contributed by atoms with E-state index >= 15 is 0 Å². The molecule has 1 aliphatic heterocycles. The maximum atomic E-state index is 12.6. The minimum Gasteiger partial charge on any atom is -0.484 e. The lowest BCUT2D eigenvalue weighted by Crippen LogP contribution is -2.56. The Bertz CT molecular complexity index is 1140. The third-order valence-electron chi connectivity index (χ3n) is 7.53. The smallest absolute Gasteiger partial charge is 0.339 e. The van der Waals surface area contributed by atoms with E-state index in [0.717, 1.165) is 61.5 Å². The predicted octanol–water partition coefficient (Wildman–Crippen LogP) is 1.93. The number of aryl methyl sites for hydroxylation is 1. The fraction of sp³-hybridized carbons (Fsp3) is 0.560. The second-order valence-electron chi connectivity index (χ2n) is 9.56. The van der Waals surface area contributed by atoms with Crippen molar-refractivity contribution in [3.05, 3.63) is 39.7 Å². The van der Waals surface area contributed by atoms with Crippen molar-refractivity contribution >= 4 is 22.8 Å². The van der Waals surface area contributed by atoms with Crippen LogP contribution in [0.2, 0.25) is 0 Å². The first-order valence-electron chi connectivity index (χ1n) is 11.9. The van der Waals surface area contributed by atoms with E-state index in [1.807, 2.05) is 6.07 Å². The zero-order chi connectivity index (χ0) is 23.0. The number of carbonyl (C=O) groups is 2. The molecule has 2 N–H and O–H groups in total. The van der Waals surface area contributed by atoms with Crippen molar-refractivity contribution in [1.82, 2.24) is 10.2 Å². The van der Waals surface area contributed by atoms with Crippen molar-refractivity contribution in [2.75, 3.05) is 26.2 Å². The minimum absolute atomic E-state index is 0.0912. The summed E-state index contributed by atoms with van der Waals surface area (Å²) >= 11 is 0. The molecule has 176 valence electrons. The fourth-order valence-electron chi connectivity index (χ4n) is 5.64. The average molecular weight is 455 g/mol. The number of aliphatic hydroxyl groups is 1. The number of nitrogens with zero attached hydrogens (tertiary/aromatic N) is 1. The summed E-state index contributed by atoms with van der Waals surface area (Å²) in [5, 5.41) is 14.3. The van der Waals surface area contributed by atoms with Crippen LogP contribution in [-0.2, 0) is 22.4 Å². The summed E-state index contributed by atoms with van der Waals surface area (Å²) in [6.07, 6.45) is 7.06. The van der Waals surface area contributed by atoms with Gasteiger partial charge in [0.05, 0.1) is 12.1 Å². The zero-order valence-corrected chi connectivity index (χ0v) is 18.7. The van der Waals surface area contributed by atoms with Crippen molar-refractivity contribution in [2.24, 2.45) is 5.92 Å². The van der Waals surface area contributed by atoms with E-state index in [1.165, 1.54) is 0 Å². The summed E-state index contributed by atoms with van der Waals surface area (Å²) in [5.74, 6) is 0.0113. The molecule has 8 nitrogen and oxygen atoms in total. The summed E-state index contributed by atoms with van der Waals surface area (Å²) in [4.78, 5) is 38.7. The topological polar surface area (TPSA) is 109 Å². The molecule has 2 atom stereocenters. The quantitative estimate of drug-likeness (QED) is 0.669. The minimum atomic E-state index is -0.634. The lowest BCUT2D eigenvalue weighted by Gasteiger charge is -2.47.